The Morgan fingerprint density at radius 3 is 2.55 bits per heavy atom. The maximum absolute atomic E-state index is 5.98. The first-order valence-corrected chi connectivity index (χ1v) is 11.3. The van der Waals surface area contributed by atoms with Gasteiger partial charge < -0.3 is 29.9 Å². The summed E-state index contributed by atoms with van der Waals surface area (Å²) in [5.41, 5.74) is 1.08. The Morgan fingerprint density at radius 2 is 1.88 bits per heavy atom. The van der Waals surface area contributed by atoms with E-state index in [1.54, 1.807) is 7.11 Å². The molecule has 0 bridgehead atoms. The minimum Gasteiger partial charge on any atom is -0.497 e. The third-order valence-electron chi connectivity index (χ3n) is 5.34. The Hall–Kier alpha value is -2.27. The van der Waals surface area contributed by atoms with Crippen molar-refractivity contribution < 1.29 is 9.47 Å². The summed E-state index contributed by atoms with van der Waals surface area (Å²) in [4.78, 5) is 14.0. The van der Waals surface area contributed by atoms with E-state index in [4.69, 9.17) is 14.5 Å². The topological polar surface area (TPSA) is 74.3 Å². The van der Waals surface area contributed by atoms with Crippen LogP contribution in [0, 0.1) is 0 Å². The number of piperazine rings is 1. The van der Waals surface area contributed by atoms with Gasteiger partial charge in [-0.2, -0.15) is 0 Å². The first-order chi connectivity index (χ1) is 15.6. The van der Waals surface area contributed by atoms with E-state index >= 15 is 0 Å². The lowest BCUT2D eigenvalue weighted by atomic mass is 10.2. The zero-order valence-electron chi connectivity index (χ0n) is 20.1. The molecule has 1 aromatic heterocycles. The van der Waals surface area contributed by atoms with Crippen molar-refractivity contribution in [3.63, 3.8) is 0 Å². The summed E-state index contributed by atoms with van der Waals surface area (Å²) in [6.07, 6.45) is 1.89. The van der Waals surface area contributed by atoms with E-state index in [1.807, 2.05) is 37.4 Å². The van der Waals surface area contributed by atoms with Gasteiger partial charge >= 0.3 is 0 Å². The number of aliphatic imine (C=N–C) groups is 1. The van der Waals surface area contributed by atoms with E-state index in [-0.39, 0.29) is 30.1 Å². The predicted molar refractivity (Wildman–Crippen MR) is 145 cm³/mol. The van der Waals surface area contributed by atoms with Gasteiger partial charge in [-0.05, 0) is 44.7 Å². The van der Waals surface area contributed by atoms with Crippen molar-refractivity contribution in [2.45, 2.75) is 26.5 Å². The number of guanidine groups is 1. The standard InChI is InChI=1S/C24H36N6O2.HI/c1-5-25-24(27-16-19(2)32-22-8-6-7-21(15-22)31-4)28-18-20-9-10-23(26-17-20)30-13-11-29(3)12-14-30;/h6-10,15,17,19H,5,11-14,16,18H2,1-4H3,(H2,25,27,28);1H. The van der Waals surface area contributed by atoms with Crippen LogP contribution in [-0.2, 0) is 6.54 Å². The van der Waals surface area contributed by atoms with Gasteiger partial charge in [-0.15, -0.1) is 24.0 Å². The molecular formula is C24H37IN6O2. The van der Waals surface area contributed by atoms with Gasteiger partial charge in [0.1, 0.15) is 23.4 Å². The van der Waals surface area contributed by atoms with Gasteiger partial charge in [0.2, 0.25) is 0 Å². The number of nitrogens with zero attached hydrogens (tertiary/aromatic N) is 4. The van der Waals surface area contributed by atoms with Crippen LogP contribution in [0.4, 0.5) is 5.82 Å². The van der Waals surface area contributed by atoms with Crippen LogP contribution in [0.2, 0.25) is 0 Å². The fourth-order valence-electron chi connectivity index (χ4n) is 3.43. The smallest absolute Gasteiger partial charge is 0.191 e. The molecule has 0 radical (unpaired) electrons. The normalized spacial score (nSPS) is 15.4. The van der Waals surface area contributed by atoms with Gasteiger partial charge in [-0.3, -0.25) is 0 Å². The third-order valence-corrected chi connectivity index (χ3v) is 5.34. The van der Waals surface area contributed by atoms with Gasteiger partial charge in [0.25, 0.3) is 0 Å². The Labute approximate surface area is 214 Å². The van der Waals surface area contributed by atoms with Crippen LogP contribution >= 0.6 is 24.0 Å². The highest BCUT2D eigenvalue weighted by molar-refractivity contribution is 14.0. The molecule has 1 aliphatic rings. The third kappa shape index (κ3) is 8.88. The summed E-state index contributed by atoms with van der Waals surface area (Å²) in [6.45, 7) is 10.3. The summed E-state index contributed by atoms with van der Waals surface area (Å²) < 4.78 is 11.2. The zero-order valence-corrected chi connectivity index (χ0v) is 22.4. The number of halogens is 1. The number of aromatic nitrogens is 1. The van der Waals surface area contributed by atoms with Crippen LogP contribution in [0.25, 0.3) is 0 Å². The quantitative estimate of drug-likeness (QED) is 0.274. The molecule has 1 fully saturated rings. The van der Waals surface area contributed by atoms with Crippen molar-refractivity contribution in [3.05, 3.63) is 48.2 Å². The summed E-state index contributed by atoms with van der Waals surface area (Å²) in [5.74, 6) is 3.37. The minimum absolute atomic E-state index is 0. The van der Waals surface area contributed by atoms with E-state index in [0.29, 0.717) is 13.1 Å². The predicted octanol–water partition coefficient (Wildman–Crippen LogP) is 2.98. The van der Waals surface area contributed by atoms with Gasteiger partial charge in [0.15, 0.2) is 5.96 Å². The lowest BCUT2D eigenvalue weighted by molar-refractivity contribution is 0.223. The Bertz CT molecular complexity index is 856. The van der Waals surface area contributed by atoms with Crippen molar-refractivity contribution >= 4 is 35.8 Å². The van der Waals surface area contributed by atoms with E-state index in [1.165, 1.54) is 0 Å². The number of hydrogen-bond donors (Lipinski definition) is 2. The lowest BCUT2D eigenvalue weighted by Crippen LogP contribution is -2.44. The molecule has 0 aliphatic carbocycles. The zero-order chi connectivity index (χ0) is 22.8. The van der Waals surface area contributed by atoms with E-state index in [2.05, 4.69) is 51.5 Å². The van der Waals surface area contributed by atoms with Crippen LogP contribution < -0.4 is 25.0 Å². The Morgan fingerprint density at radius 1 is 1.12 bits per heavy atom. The monoisotopic (exact) mass is 568 g/mol. The van der Waals surface area contributed by atoms with E-state index in [0.717, 1.165) is 61.6 Å². The molecule has 182 valence electrons. The highest BCUT2D eigenvalue weighted by Crippen LogP contribution is 2.19. The van der Waals surface area contributed by atoms with Crippen molar-refractivity contribution in [1.29, 1.82) is 0 Å². The first-order valence-electron chi connectivity index (χ1n) is 11.3. The highest BCUT2D eigenvalue weighted by Gasteiger charge is 2.15. The largest absolute Gasteiger partial charge is 0.497 e. The molecule has 2 N–H and O–H groups in total. The molecule has 1 saturated heterocycles. The number of likely N-dealkylation sites (N-methyl/N-ethyl adjacent to an activating group) is 1. The minimum atomic E-state index is -0.0319. The second kappa shape index (κ2) is 14.1. The fraction of sp³-hybridized carbons (Fsp3) is 0.500. The number of hydrogen-bond acceptors (Lipinski definition) is 6. The molecule has 2 aromatic rings. The summed E-state index contributed by atoms with van der Waals surface area (Å²) in [7, 11) is 3.81. The van der Waals surface area contributed by atoms with Crippen LogP contribution in [0.5, 0.6) is 11.5 Å². The molecule has 33 heavy (non-hydrogen) atoms. The molecule has 9 heteroatoms. The van der Waals surface area contributed by atoms with E-state index in [9.17, 15) is 0 Å². The van der Waals surface area contributed by atoms with Crippen LogP contribution in [0.1, 0.15) is 19.4 Å². The molecular weight excluding hydrogens is 531 g/mol. The second-order valence-corrected chi connectivity index (χ2v) is 8.00. The molecule has 8 nitrogen and oxygen atoms in total. The molecule has 0 spiro atoms. The van der Waals surface area contributed by atoms with Gasteiger partial charge in [0.05, 0.1) is 20.2 Å². The number of rotatable bonds is 9. The van der Waals surface area contributed by atoms with Crippen molar-refractivity contribution in [2.24, 2.45) is 4.99 Å². The van der Waals surface area contributed by atoms with Crippen LogP contribution in [0.3, 0.4) is 0 Å². The number of ether oxygens (including phenoxy) is 2. The SMILES string of the molecule is CCNC(=NCc1ccc(N2CCN(C)CC2)nc1)NCC(C)Oc1cccc(OC)c1.I. The van der Waals surface area contributed by atoms with Crippen molar-refractivity contribution in [1.82, 2.24) is 20.5 Å². The van der Waals surface area contributed by atoms with Gasteiger partial charge in [0, 0.05) is 45.0 Å². The van der Waals surface area contributed by atoms with E-state index < -0.39 is 0 Å². The highest BCUT2D eigenvalue weighted by atomic mass is 127. The molecule has 1 atom stereocenters. The maximum Gasteiger partial charge on any atom is 0.191 e. The Balaban J connectivity index is 0.00000385. The second-order valence-electron chi connectivity index (χ2n) is 8.00. The van der Waals surface area contributed by atoms with Gasteiger partial charge in [-0.1, -0.05) is 12.1 Å². The number of anilines is 1. The molecule has 2 heterocycles. The average molecular weight is 569 g/mol. The molecule has 1 aromatic carbocycles. The van der Waals surface area contributed by atoms with Gasteiger partial charge in [-0.25, -0.2) is 9.98 Å². The molecule has 0 amide bonds. The molecule has 3 rings (SSSR count). The fourth-order valence-corrected chi connectivity index (χ4v) is 3.43. The maximum atomic E-state index is 5.98. The summed E-state index contributed by atoms with van der Waals surface area (Å²) >= 11 is 0. The number of pyridine rings is 1. The molecule has 0 saturated carbocycles. The average Bonchev–Trinajstić information content (AvgIpc) is 2.82. The van der Waals surface area contributed by atoms with Crippen molar-refractivity contribution in [2.75, 3.05) is 58.3 Å². The number of benzene rings is 1. The molecule has 1 unspecified atom stereocenters. The number of nitrogens with one attached hydrogen (secondary N) is 2. The molecule has 1 aliphatic heterocycles. The van der Waals surface area contributed by atoms with Crippen LogP contribution in [-0.4, -0.2) is 75.4 Å². The summed E-state index contributed by atoms with van der Waals surface area (Å²) in [5, 5.41) is 6.64. The lowest BCUT2D eigenvalue weighted by Gasteiger charge is -2.33. The van der Waals surface area contributed by atoms with Crippen molar-refractivity contribution in [3.8, 4) is 11.5 Å². The Kier molecular flexibility index (Phi) is 11.5. The first kappa shape index (κ1) is 27.0. The number of methoxy groups -OCH3 is 1. The van der Waals surface area contributed by atoms with Crippen LogP contribution in [0.15, 0.2) is 47.6 Å². The summed E-state index contributed by atoms with van der Waals surface area (Å²) in [6, 6.07) is 11.8.